The highest BCUT2D eigenvalue weighted by atomic mass is 32.2. The zero-order valence-corrected chi connectivity index (χ0v) is 21.0. The van der Waals surface area contributed by atoms with Gasteiger partial charge in [0.05, 0.1) is 16.4 Å². The number of fused-ring (bicyclic) bond motifs is 2. The molecular formula is C27H26N6O3S. The van der Waals surface area contributed by atoms with Crippen molar-refractivity contribution in [3.8, 4) is 11.5 Å². The first-order valence-corrected chi connectivity index (χ1v) is 12.9. The van der Waals surface area contributed by atoms with Gasteiger partial charge in [0, 0.05) is 73.8 Å². The molecule has 0 bridgehead atoms. The van der Waals surface area contributed by atoms with Crippen LogP contribution in [0.25, 0.3) is 0 Å². The predicted octanol–water partition coefficient (Wildman–Crippen LogP) is 4.65. The molecule has 10 heteroatoms. The second kappa shape index (κ2) is 10.2. The van der Waals surface area contributed by atoms with Gasteiger partial charge in [-0.05, 0) is 30.3 Å². The van der Waals surface area contributed by atoms with E-state index in [1.165, 1.54) is 0 Å². The van der Waals surface area contributed by atoms with Crippen molar-refractivity contribution in [1.82, 2.24) is 15.0 Å². The molecule has 2 aliphatic rings. The van der Waals surface area contributed by atoms with Gasteiger partial charge in [-0.2, -0.15) is 0 Å². The summed E-state index contributed by atoms with van der Waals surface area (Å²) in [5, 5.41) is 6.37. The van der Waals surface area contributed by atoms with Crippen molar-refractivity contribution in [2.24, 2.45) is 0 Å². The minimum Gasteiger partial charge on any atom is -0.455 e. The van der Waals surface area contributed by atoms with Gasteiger partial charge < -0.3 is 30.0 Å². The minimum atomic E-state index is -0.164. The standard InChI is InChI=1S/C27H26N6O3S/c1-28-27-31-14-17(15-32-27)13-30-18-5-6-21-24(11-18)37-23-4-2-3-20(26(23)36-21)22-16-33(9-10-35-22)19-7-8-29-25(34)12-19/h2-8,11-12,14-15,22,30H,9-10,13,16H2,1H3,(H,29,34)(H,28,31,32). The lowest BCUT2D eigenvalue weighted by molar-refractivity contribution is 0.0383. The predicted molar refractivity (Wildman–Crippen MR) is 144 cm³/mol. The van der Waals surface area contributed by atoms with E-state index in [-0.39, 0.29) is 11.7 Å². The number of para-hydroxylation sites is 1. The Hall–Kier alpha value is -4.02. The molecule has 3 N–H and O–H groups in total. The van der Waals surface area contributed by atoms with Crippen molar-refractivity contribution in [3.63, 3.8) is 0 Å². The second-order valence-corrected chi connectivity index (χ2v) is 9.86. The SMILES string of the molecule is CNc1ncc(CNc2ccc3c(c2)Sc2cccc(C4CN(c5cc[nH]c(=O)c5)CCO4)c2O3)cn1. The second-order valence-electron chi connectivity index (χ2n) is 8.78. The van der Waals surface area contributed by atoms with Crippen LogP contribution in [0, 0.1) is 0 Å². The number of rotatable bonds is 6. The number of morpholine rings is 1. The molecule has 4 heterocycles. The molecule has 2 aromatic carbocycles. The quantitative estimate of drug-likeness (QED) is 0.299. The van der Waals surface area contributed by atoms with Crippen molar-refractivity contribution in [1.29, 1.82) is 0 Å². The first-order valence-electron chi connectivity index (χ1n) is 12.1. The molecule has 1 atom stereocenters. The number of hydrogen-bond donors (Lipinski definition) is 3. The molecule has 0 amide bonds. The molecular weight excluding hydrogens is 488 g/mol. The third kappa shape index (κ3) is 4.98. The van der Waals surface area contributed by atoms with E-state index in [2.05, 4.69) is 48.7 Å². The van der Waals surface area contributed by atoms with Crippen LogP contribution in [0.3, 0.4) is 0 Å². The number of pyridine rings is 1. The largest absolute Gasteiger partial charge is 0.455 e. The summed E-state index contributed by atoms with van der Waals surface area (Å²) in [4.78, 5) is 27.3. The van der Waals surface area contributed by atoms with Crippen LogP contribution in [-0.4, -0.2) is 41.7 Å². The zero-order valence-electron chi connectivity index (χ0n) is 20.2. The van der Waals surface area contributed by atoms with Gasteiger partial charge in [-0.15, -0.1) is 0 Å². The molecule has 6 rings (SSSR count). The van der Waals surface area contributed by atoms with Gasteiger partial charge in [0.15, 0.2) is 0 Å². The van der Waals surface area contributed by atoms with Gasteiger partial charge in [-0.1, -0.05) is 23.9 Å². The van der Waals surface area contributed by atoms with Crippen LogP contribution in [0.15, 0.2) is 81.7 Å². The number of hydrogen-bond acceptors (Lipinski definition) is 9. The third-order valence-corrected chi connectivity index (χ3v) is 7.43. The Labute approximate surface area is 218 Å². The molecule has 4 aromatic rings. The number of benzene rings is 2. The van der Waals surface area contributed by atoms with Crippen molar-refractivity contribution in [2.75, 3.05) is 42.3 Å². The normalized spacial score (nSPS) is 16.4. The smallest absolute Gasteiger partial charge is 0.249 e. The van der Waals surface area contributed by atoms with Crippen LogP contribution in [-0.2, 0) is 11.3 Å². The van der Waals surface area contributed by atoms with Gasteiger partial charge in [-0.25, -0.2) is 9.97 Å². The van der Waals surface area contributed by atoms with Crippen molar-refractivity contribution in [3.05, 3.63) is 88.6 Å². The lowest BCUT2D eigenvalue weighted by Crippen LogP contribution is -2.39. The number of nitrogens with one attached hydrogen (secondary N) is 3. The summed E-state index contributed by atoms with van der Waals surface area (Å²) in [7, 11) is 1.80. The monoisotopic (exact) mass is 514 g/mol. The lowest BCUT2D eigenvalue weighted by Gasteiger charge is -2.35. The molecule has 2 aliphatic heterocycles. The number of H-pyrrole nitrogens is 1. The van der Waals surface area contributed by atoms with Crippen LogP contribution in [0.4, 0.5) is 17.3 Å². The summed E-state index contributed by atoms with van der Waals surface area (Å²) in [6.07, 6.45) is 5.14. The highest BCUT2D eigenvalue weighted by Crippen LogP contribution is 2.50. The van der Waals surface area contributed by atoms with E-state index in [1.54, 1.807) is 31.1 Å². The Morgan fingerprint density at radius 3 is 2.86 bits per heavy atom. The Balaban J connectivity index is 1.18. The molecule has 0 radical (unpaired) electrons. The summed E-state index contributed by atoms with van der Waals surface area (Å²) >= 11 is 1.69. The number of aromatic nitrogens is 3. The fraction of sp³-hybridized carbons (Fsp3) is 0.222. The average molecular weight is 515 g/mol. The molecule has 0 aliphatic carbocycles. The van der Waals surface area contributed by atoms with Crippen molar-refractivity contribution in [2.45, 2.75) is 22.4 Å². The van der Waals surface area contributed by atoms with E-state index >= 15 is 0 Å². The van der Waals surface area contributed by atoms with E-state index in [4.69, 9.17) is 9.47 Å². The first kappa shape index (κ1) is 23.4. The molecule has 0 spiro atoms. The van der Waals surface area contributed by atoms with Crippen LogP contribution in [0.5, 0.6) is 11.5 Å². The van der Waals surface area contributed by atoms with Gasteiger partial charge >= 0.3 is 0 Å². The van der Waals surface area contributed by atoms with Crippen molar-refractivity contribution < 1.29 is 9.47 Å². The maximum atomic E-state index is 11.8. The van der Waals surface area contributed by atoms with Gasteiger partial charge in [0.1, 0.15) is 17.6 Å². The average Bonchev–Trinajstić information content (AvgIpc) is 2.95. The molecule has 9 nitrogen and oxygen atoms in total. The maximum absolute atomic E-state index is 11.8. The summed E-state index contributed by atoms with van der Waals surface area (Å²) in [6.45, 7) is 2.57. The molecule has 0 saturated carbocycles. The van der Waals surface area contributed by atoms with Crippen LogP contribution in [0.2, 0.25) is 0 Å². The van der Waals surface area contributed by atoms with E-state index in [9.17, 15) is 4.79 Å². The number of anilines is 3. The fourth-order valence-electron chi connectivity index (χ4n) is 4.47. The zero-order chi connectivity index (χ0) is 25.2. The lowest BCUT2D eigenvalue weighted by atomic mass is 10.1. The van der Waals surface area contributed by atoms with Crippen LogP contribution in [0.1, 0.15) is 17.2 Å². The fourth-order valence-corrected chi connectivity index (χ4v) is 5.50. The highest BCUT2D eigenvalue weighted by Gasteiger charge is 2.29. The highest BCUT2D eigenvalue weighted by molar-refractivity contribution is 7.99. The Morgan fingerprint density at radius 2 is 2.03 bits per heavy atom. The molecule has 188 valence electrons. The molecule has 1 saturated heterocycles. The Morgan fingerprint density at radius 1 is 1.14 bits per heavy atom. The van der Waals surface area contributed by atoms with Crippen LogP contribution >= 0.6 is 11.8 Å². The van der Waals surface area contributed by atoms with E-state index in [0.29, 0.717) is 25.6 Å². The molecule has 2 aromatic heterocycles. The summed E-state index contributed by atoms with van der Waals surface area (Å²) in [5.41, 5.74) is 3.79. The maximum Gasteiger partial charge on any atom is 0.249 e. The van der Waals surface area contributed by atoms with Crippen molar-refractivity contribution >= 4 is 29.1 Å². The Bertz CT molecular complexity index is 1480. The minimum absolute atomic E-state index is 0.108. The summed E-state index contributed by atoms with van der Waals surface area (Å²) < 4.78 is 12.6. The van der Waals surface area contributed by atoms with E-state index in [1.807, 2.05) is 36.7 Å². The van der Waals surface area contributed by atoms with Gasteiger partial charge in [0.2, 0.25) is 11.5 Å². The van der Waals surface area contributed by atoms with Crippen LogP contribution < -0.4 is 25.8 Å². The Kier molecular flexibility index (Phi) is 6.42. The molecule has 37 heavy (non-hydrogen) atoms. The number of nitrogens with zero attached hydrogens (tertiary/aromatic N) is 3. The first-order chi connectivity index (χ1) is 18.2. The molecule has 1 unspecified atom stereocenters. The third-order valence-electron chi connectivity index (χ3n) is 6.35. The summed E-state index contributed by atoms with van der Waals surface area (Å²) in [5.74, 6) is 2.26. The number of aromatic amines is 1. The number of ether oxygens (including phenoxy) is 2. The summed E-state index contributed by atoms with van der Waals surface area (Å²) in [6, 6.07) is 15.8. The van der Waals surface area contributed by atoms with E-state index < -0.39 is 0 Å². The van der Waals surface area contributed by atoms with Gasteiger partial charge in [-0.3, -0.25) is 4.79 Å². The topological polar surface area (TPSA) is 104 Å². The van der Waals surface area contributed by atoms with Gasteiger partial charge in [0.25, 0.3) is 0 Å². The van der Waals surface area contributed by atoms with E-state index in [0.717, 1.165) is 50.3 Å². The molecule has 1 fully saturated rings.